The Labute approximate surface area is 119 Å². The highest BCUT2D eigenvalue weighted by Crippen LogP contribution is 2.13. The molecule has 0 aliphatic carbocycles. The lowest BCUT2D eigenvalue weighted by Gasteiger charge is -2.02. The van der Waals surface area contributed by atoms with Gasteiger partial charge in [-0.05, 0) is 47.5 Å². The van der Waals surface area contributed by atoms with E-state index < -0.39 is 0 Å². The fourth-order valence-electron chi connectivity index (χ4n) is 1.56. The smallest absolute Gasteiger partial charge is 0.307 e. The second-order valence-electron chi connectivity index (χ2n) is 4.11. The van der Waals surface area contributed by atoms with Gasteiger partial charge in [0.05, 0.1) is 5.71 Å². The van der Waals surface area contributed by atoms with Crippen molar-refractivity contribution < 1.29 is 9.21 Å². The third-order valence-corrected chi connectivity index (χ3v) is 2.98. The summed E-state index contributed by atoms with van der Waals surface area (Å²) < 4.78 is 5.65. The van der Waals surface area contributed by atoms with Gasteiger partial charge in [-0.2, -0.15) is 5.10 Å². The Morgan fingerprint density at radius 2 is 2.11 bits per heavy atom. The van der Waals surface area contributed by atoms with Crippen LogP contribution in [-0.2, 0) is 0 Å². The first-order chi connectivity index (χ1) is 9.06. The van der Waals surface area contributed by atoms with E-state index in [4.69, 9.17) is 4.42 Å². The molecule has 1 heterocycles. The molecule has 0 saturated heterocycles. The van der Waals surface area contributed by atoms with Crippen LogP contribution in [0.1, 0.15) is 28.6 Å². The number of carbonyl (C=O) groups excluding carboxylic acids is 1. The molecule has 1 amide bonds. The zero-order valence-electron chi connectivity index (χ0n) is 10.6. The molecule has 19 heavy (non-hydrogen) atoms. The van der Waals surface area contributed by atoms with Crippen molar-refractivity contribution >= 4 is 27.5 Å². The predicted octanol–water partition coefficient (Wildman–Crippen LogP) is 3.50. The fraction of sp³-hybridized carbons (Fsp3) is 0.143. The number of rotatable bonds is 3. The normalized spacial score (nSPS) is 11.4. The van der Waals surface area contributed by atoms with Crippen LogP contribution in [0.3, 0.4) is 0 Å². The van der Waals surface area contributed by atoms with Crippen molar-refractivity contribution in [2.45, 2.75) is 13.8 Å². The first kappa shape index (κ1) is 13.5. The highest BCUT2D eigenvalue weighted by molar-refractivity contribution is 9.10. The monoisotopic (exact) mass is 320 g/mol. The summed E-state index contributed by atoms with van der Waals surface area (Å²) in [5.41, 5.74) is 5.32. The summed E-state index contributed by atoms with van der Waals surface area (Å²) in [6.07, 6.45) is 0. The average Bonchev–Trinajstić information content (AvgIpc) is 2.82. The Bertz CT molecular complexity index is 632. The molecule has 0 bridgehead atoms. The van der Waals surface area contributed by atoms with E-state index in [2.05, 4.69) is 26.5 Å². The molecule has 0 unspecified atom stereocenters. The maximum absolute atomic E-state index is 11.7. The zero-order chi connectivity index (χ0) is 13.8. The van der Waals surface area contributed by atoms with Gasteiger partial charge in [0.15, 0.2) is 10.4 Å². The van der Waals surface area contributed by atoms with Crippen LogP contribution >= 0.6 is 15.9 Å². The molecule has 0 fully saturated rings. The van der Waals surface area contributed by atoms with Gasteiger partial charge in [0, 0.05) is 0 Å². The topological polar surface area (TPSA) is 54.6 Å². The molecule has 1 N–H and O–H groups in total. The highest BCUT2D eigenvalue weighted by Gasteiger charge is 2.09. The minimum atomic E-state index is -0.377. The SMILES string of the molecule is CC(=NNC(=O)c1ccc(Br)o1)c1cccc(C)c1. The lowest BCUT2D eigenvalue weighted by molar-refractivity contribution is 0.0926. The number of carbonyl (C=O) groups is 1. The van der Waals surface area contributed by atoms with Gasteiger partial charge in [-0.3, -0.25) is 4.79 Å². The molecule has 0 aliphatic heterocycles. The number of hydrogen-bond donors (Lipinski definition) is 1. The molecule has 0 saturated carbocycles. The molecule has 0 radical (unpaired) electrons. The summed E-state index contributed by atoms with van der Waals surface area (Å²) in [6.45, 7) is 3.85. The Morgan fingerprint density at radius 1 is 1.32 bits per heavy atom. The van der Waals surface area contributed by atoms with Gasteiger partial charge in [-0.25, -0.2) is 5.43 Å². The van der Waals surface area contributed by atoms with Gasteiger partial charge in [0.2, 0.25) is 0 Å². The maximum atomic E-state index is 11.7. The van der Waals surface area contributed by atoms with Gasteiger partial charge in [-0.1, -0.05) is 29.8 Å². The standard InChI is InChI=1S/C14H13BrN2O2/c1-9-4-3-5-11(8-9)10(2)16-17-14(18)12-6-7-13(15)19-12/h3-8H,1-2H3,(H,17,18). The van der Waals surface area contributed by atoms with Crippen molar-refractivity contribution in [1.29, 1.82) is 0 Å². The van der Waals surface area contributed by atoms with Gasteiger partial charge >= 0.3 is 5.91 Å². The number of amides is 1. The Hall–Kier alpha value is -1.88. The molecule has 0 aliphatic rings. The van der Waals surface area contributed by atoms with Crippen molar-refractivity contribution in [1.82, 2.24) is 5.43 Å². The lowest BCUT2D eigenvalue weighted by Crippen LogP contribution is -2.18. The second kappa shape index (κ2) is 5.84. The Balaban J connectivity index is 2.08. The molecule has 4 nitrogen and oxygen atoms in total. The van der Waals surface area contributed by atoms with Crippen LogP contribution < -0.4 is 5.43 Å². The van der Waals surface area contributed by atoms with Crippen molar-refractivity contribution in [3.05, 3.63) is 58.0 Å². The summed E-state index contributed by atoms with van der Waals surface area (Å²) in [5, 5.41) is 4.06. The molecule has 98 valence electrons. The second-order valence-corrected chi connectivity index (χ2v) is 4.89. The fourth-order valence-corrected chi connectivity index (χ4v) is 1.87. The number of nitrogens with zero attached hydrogens (tertiary/aromatic N) is 1. The predicted molar refractivity (Wildman–Crippen MR) is 77.3 cm³/mol. The Kier molecular flexibility index (Phi) is 4.16. The van der Waals surface area contributed by atoms with Crippen LogP contribution in [0.4, 0.5) is 0 Å². The number of aryl methyl sites for hydroxylation is 1. The summed E-state index contributed by atoms with van der Waals surface area (Å²) in [4.78, 5) is 11.7. The van der Waals surface area contributed by atoms with Gasteiger partial charge in [0.25, 0.3) is 0 Å². The zero-order valence-corrected chi connectivity index (χ0v) is 12.2. The van der Waals surface area contributed by atoms with Crippen LogP contribution in [0, 0.1) is 6.92 Å². The molecule has 1 aromatic carbocycles. The van der Waals surface area contributed by atoms with Crippen LogP contribution in [-0.4, -0.2) is 11.6 Å². The van der Waals surface area contributed by atoms with Crippen LogP contribution in [0.5, 0.6) is 0 Å². The molecular formula is C14H13BrN2O2. The van der Waals surface area contributed by atoms with Gasteiger partial charge in [-0.15, -0.1) is 0 Å². The first-order valence-electron chi connectivity index (χ1n) is 5.73. The lowest BCUT2D eigenvalue weighted by atomic mass is 10.1. The number of halogens is 1. The molecule has 2 aromatic rings. The van der Waals surface area contributed by atoms with Gasteiger partial charge in [0.1, 0.15) is 0 Å². The van der Waals surface area contributed by atoms with Crippen LogP contribution in [0.25, 0.3) is 0 Å². The van der Waals surface area contributed by atoms with E-state index in [0.717, 1.165) is 16.8 Å². The average molecular weight is 321 g/mol. The van der Waals surface area contributed by atoms with Gasteiger partial charge < -0.3 is 4.42 Å². The highest BCUT2D eigenvalue weighted by atomic mass is 79.9. The third kappa shape index (κ3) is 3.54. The van der Waals surface area contributed by atoms with E-state index >= 15 is 0 Å². The minimum Gasteiger partial charge on any atom is -0.444 e. The summed E-state index contributed by atoms with van der Waals surface area (Å²) >= 11 is 3.14. The molecule has 5 heteroatoms. The van der Waals surface area contributed by atoms with E-state index in [1.807, 2.05) is 38.1 Å². The van der Waals surface area contributed by atoms with Crippen LogP contribution in [0.2, 0.25) is 0 Å². The molecule has 0 atom stereocenters. The minimum absolute atomic E-state index is 0.215. The molecular weight excluding hydrogens is 308 g/mol. The Morgan fingerprint density at radius 3 is 2.74 bits per heavy atom. The molecule has 2 rings (SSSR count). The molecule has 1 aromatic heterocycles. The number of hydrogen-bond acceptors (Lipinski definition) is 3. The van der Waals surface area contributed by atoms with E-state index in [0.29, 0.717) is 4.67 Å². The van der Waals surface area contributed by atoms with E-state index in [-0.39, 0.29) is 11.7 Å². The number of benzene rings is 1. The third-order valence-electron chi connectivity index (χ3n) is 2.56. The summed E-state index contributed by atoms with van der Waals surface area (Å²) in [7, 11) is 0. The number of hydrazone groups is 1. The largest absolute Gasteiger partial charge is 0.444 e. The quantitative estimate of drug-likeness (QED) is 0.695. The first-order valence-corrected chi connectivity index (χ1v) is 6.52. The maximum Gasteiger partial charge on any atom is 0.307 e. The van der Waals surface area contributed by atoms with Crippen molar-refractivity contribution in [3.63, 3.8) is 0 Å². The number of furan rings is 1. The van der Waals surface area contributed by atoms with E-state index in [9.17, 15) is 4.79 Å². The summed E-state index contributed by atoms with van der Waals surface area (Å²) in [5.74, 6) is -0.162. The van der Waals surface area contributed by atoms with E-state index in [1.54, 1.807) is 12.1 Å². The number of nitrogens with one attached hydrogen (secondary N) is 1. The van der Waals surface area contributed by atoms with Crippen LogP contribution in [0.15, 0.2) is 50.6 Å². The van der Waals surface area contributed by atoms with Crippen molar-refractivity contribution in [2.24, 2.45) is 5.10 Å². The van der Waals surface area contributed by atoms with E-state index in [1.165, 1.54) is 0 Å². The summed E-state index contributed by atoms with van der Waals surface area (Å²) in [6, 6.07) is 11.2. The van der Waals surface area contributed by atoms with Crippen molar-refractivity contribution in [2.75, 3.05) is 0 Å². The molecule has 0 spiro atoms. The van der Waals surface area contributed by atoms with Crippen molar-refractivity contribution in [3.8, 4) is 0 Å².